The zero-order valence-corrected chi connectivity index (χ0v) is 27.5. The quantitative estimate of drug-likeness (QED) is 0.130. The fourth-order valence-corrected chi connectivity index (χ4v) is 6.21. The van der Waals surface area contributed by atoms with Crippen LogP contribution in [0.1, 0.15) is 95.6 Å². The number of hydrogen-bond donors (Lipinski definition) is 0. The third-order valence-corrected chi connectivity index (χ3v) is 8.79. The van der Waals surface area contributed by atoms with Gasteiger partial charge in [-0.1, -0.05) is 93.5 Å². The summed E-state index contributed by atoms with van der Waals surface area (Å²) < 4.78 is 0. The van der Waals surface area contributed by atoms with E-state index < -0.39 is 0 Å². The number of hydrogen-bond acceptors (Lipinski definition) is 3. The first-order valence-electron chi connectivity index (χ1n) is 16.9. The highest BCUT2D eigenvalue weighted by molar-refractivity contribution is 5.93. The van der Waals surface area contributed by atoms with E-state index >= 15 is 0 Å². The third kappa shape index (κ3) is 9.42. The molecule has 44 heavy (non-hydrogen) atoms. The van der Waals surface area contributed by atoms with Gasteiger partial charge in [0.15, 0.2) is 0 Å². The van der Waals surface area contributed by atoms with Gasteiger partial charge in [-0.05, 0) is 92.2 Å². The normalized spacial score (nSPS) is 19.2. The van der Waals surface area contributed by atoms with Crippen molar-refractivity contribution < 1.29 is 4.79 Å². The summed E-state index contributed by atoms with van der Waals surface area (Å²) in [6.07, 6.45) is 29.6. The lowest BCUT2D eigenvalue weighted by Crippen LogP contribution is -2.43. The highest BCUT2D eigenvalue weighted by Crippen LogP contribution is 2.34. The molecule has 1 amide bonds. The number of benzene rings is 1. The first-order valence-corrected chi connectivity index (χ1v) is 16.9. The minimum Gasteiger partial charge on any atom is -0.371 e. The maximum atomic E-state index is 12.8. The predicted octanol–water partition coefficient (Wildman–Crippen LogP) is 9.51. The number of carbonyl (C=O) groups excluding carboxylic acids is 1. The van der Waals surface area contributed by atoms with Gasteiger partial charge in [-0.3, -0.25) is 9.79 Å². The van der Waals surface area contributed by atoms with Crippen molar-refractivity contribution in [1.82, 2.24) is 9.80 Å². The van der Waals surface area contributed by atoms with E-state index in [1.165, 1.54) is 53.7 Å². The minimum absolute atomic E-state index is 0.249. The van der Waals surface area contributed by atoms with E-state index in [0.717, 1.165) is 82.3 Å². The van der Waals surface area contributed by atoms with Crippen LogP contribution in [0.2, 0.25) is 0 Å². The molecule has 1 fully saturated rings. The number of aliphatic imine (C=N–C) groups is 1. The Hall–Kier alpha value is -3.66. The van der Waals surface area contributed by atoms with Crippen molar-refractivity contribution in [3.8, 4) is 0 Å². The van der Waals surface area contributed by atoms with Crippen LogP contribution >= 0.6 is 0 Å². The first-order chi connectivity index (χ1) is 21.5. The Morgan fingerprint density at radius 3 is 2.39 bits per heavy atom. The molecular weight excluding hydrogens is 538 g/mol. The van der Waals surface area contributed by atoms with Gasteiger partial charge in [-0.2, -0.15) is 0 Å². The molecule has 0 atom stereocenters. The molecule has 4 rings (SSSR count). The second kappa shape index (κ2) is 17.6. The fourth-order valence-electron chi connectivity index (χ4n) is 6.21. The number of unbranched alkanes of at least 4 members (excludes halogenated alkanes) is 1. The number of allylic oxidation sites excluding steroid dienone is 8. The van der Waals surface area contributed by atoms with Gasteiger partial charge < -0.3 is 9.80 Å². The molecule has 4 heteroatoms. The standard InChI is InChI=1S/C40H53N3O/c1-5-13-33(14-6-2)15-8-7-9-16-34-20-23-35(24-21-34)37-22-19-32(3)38(31-37)39(25-26-41-4)42-27-10-17-36(18-11-28-42)40(44)43-29-12-30-43/h9,15-17,20-26,31H,3,5-8,10-14,18-19,27-30H2,1-2,4H3/b16-9+,36-17-,39-25+,41-26-. The Morgan fingerprint density at radius 1 is 0.955 bits per heavy atom. The fraction of sp³-hybridized carbons (Fsp3) is 0.450. The van der Waals surface area contributed by atoms with Crippen LogP contribution in [-0.2, 0) is 4.79 Å². The molecule has 1 aromatic rings. The van der Waals surface area contributed by atoms with Gasteiger partial charge in [-0.15, -0.1) is 0 Å². The molecule has 3 aliphatic rings. The Labute approximate surface area is 267 Å². The molecule has 1 aromatic carbocycles. The van der Waals surface area contributed by atoms with E-state index in [0.29, 0.717) is 0 Å². The predicted molar refractivity (Wildman–Crippen MR) is 190 cm³/mol. The van der Waals surface area contributed by atoms with Crippen molar-refractivity contribution in [1.29, 1.82) is 0 Å². The summed E-state index contributed by atoms with van der Waals surface area (Å²) in [6, 6.07) is 8.93. The second-order valence-corrected chi connectivity index (χ2v) is 12.2. The minimum atomic E-state index is 0.249. The highest BCUT2D eigenvalue weighted by Gasteiger charge is 2.25. The van der Waals surface area contributed by atoms with E-state index in [9.17, 15) is 4.79 Å². The van der Waals surface area contributed by atoms with Crippen LogP contribution in [0.3, 0.4) is 0 Å². The molecule has 2 aliphatic heterocycles. The lowest BCUT2D eigenvalue weighted by atomic mass is 9.88. The van der Waals surface area contributed by atoms with E-state index in [-0.39, 0.29) is 5.91 Å². The van der Waals surface area contributed by atoms with Gasteiger partial charge in [0.25, 0.3) is 0 Å². The largest absolute Gasteiger partial charge is 0.371 e. The molecule has 234 valence electrons. The van der Waals surface area contributed by atoms with Crippen LogP contribution in [0, 0.1) is 0 Å². The summed E-state index contributed by atoms with van der Waals surface area (Å²) in [5.41, 5.74) is 9.82. The Kier molecular flexibility index (Phi) is 13.3. The van der Waals surface area contributed by atoms with Crippen molar-refractivity contribution in [2.45, 2.75) is 84.5 Å². The monoisotopic (exact) mass is 591 g/mol. The number of rotatable bonds is 13. The summed E-state index contributed by atoms with van der Waals surface area (Å²) in [7, 11) is 1.82. The van der Waals surface area contributed by atoms with Crippen LogP contribution in [0.25, 0.3) is 11.6 Å². The average molecular weight is 592 g/mol. The molecule has 0 N–H and O–H groups in total. The number of nitrogens with zero attached hydrogens (tertiary/aromatic N) is 3. The van der Waals surface area contributed by atoms with Crippen LogP contribution in [0.4, 0.5) is 0 Å². The van der Waals surface area contributed by atoms with Crippen LogP contribution in [0.5, 0.6) is 0 Å². The second-order valence-electron chi connectivity index (χ2n) is 12.2. The van der Waals surface area contributed by atoms with Crippen molar-refractivity contribution in [2.75, 3.05) is 33.2 Å². The van der Waals surface area contributed by atoms with E-state index in [2.05, 4.69) is 97.1 Å². The van der Waals surface area contributed by atoms with Crippen LogP contribution in [0.15, 0.2) is 100 Å². The molecular formula is C40H53N3O. The molecule has 2 heterocycles. The lowest BCUT2D eigenvalue weighted by molar-refractivity contribution is -0.130. The van der Waals surface area contributed by atoms with Crippen LogP contribution in [-0.4, -0.2) is 55.1 Å². The molecule has 0 radical (unpaired) electrons. The summed E-state index contributed by atoms with van der Waals surface area (Å²) in [4.78, 5) is 21.5. The molecule has 1 aliphatic carbocycles. The van der Waals surface area contributed by atoms with Gasteiger partial charge in [0.05, 0.1) is 0 Å². The third-order valence-electron chi connectivity index (χ3n) is 8.79. The zero-order chi connectivity index (χ0) is 31.1. The van der Waals surface area contributed by atoms with Gasteiger partial charge >= 0.3 is 0 Å². The van der Waals surface area contributed by atoms with Gasteiger partial charge in [0.2, 0.25) is 5.91 Å². The molecule has 0 bridgehead atoms. The Morgan fingerprint density at radius 2 is 1.70 bits per heavy atom. The molecule has 4 nitrogen and oxygen atoms in total. The van der Waals surface area contributed by atoms with Crippen molar-refractivity contribution in [3.63, 3.8) is 0 Å². The van der Waals surface area contributed by atoms with E-state index in [4.69, 9.17) is 0 Å². The van der Waals surface area contributed by atoms with Crippen molar-refractivity contribution in [3.05, 3.63) is 106 Å². The summed E-state index contributed by atoms with van der Waals surface area (Å²) in [5, 5.41) is 0. The van der Waals surface area contributed by atoms with Crippen molar-refractivity contribution in [2.24, 2.45) is 4.99 Å². The molecule has 0 unspecified atom stereocenters. The molecule has 0 aromatic heterocycles. The van der Waals surface area contributed by atoms with Gasteiger partial charge in [-0.25, -0.2) is 0 Å². The average Bonchev–Trinajstić information content (AvgIpc) is 2.98. The summed E-state index contributed by atoms with van der Waals surface area (Å²) in [5.74, 6) is 0.249. The molecule has 1 saturated heterocycles. The Balaban J connectivity index is 1.43. The highest BCUT2D eigenvalue weighted by atomic mass is 16.2. The number of amides is 1. The molecule has 0 spiro atoms. The number of likely N-dealkylation sites (tertiary alicyclic amines) is 1. The first kappa shape index (κ1) is 33.2. The summed E-state index contributed by atoms with van der Waals surface area (Å²) >= 11 is 0. The maximum Gasteiger partial charge on any atom is 0.249 e. The Bertz CT molecular complexity index is 1340. The van der Waals surface area contributed by atoms with Gasteiger partial charge in [0.1, 0.15) is 0 Å². The van der Waals surface area contributed by atoms with E-state index in [1.54, 1.807) is 5.57 Å². The topological polar surface area (TPSA) is 35.9 Å². The SMILES string of the molecule is C=C1CC=C(c2ccc(/C=C/CCC=C(CCC)CCC)cc2)C=C1/C(=C\C=N/C)N1CC/C=C(\C(=O)N2CCC2)CCC1. The van der Waals surface area contributed by atoms with E-state index in [1.807, 2.05) is 18.2 Å². The van der Waals surface area contributed by atoms with Crippen molar-refractivity contribution >= 4 is 23.8 Å². The number of carbonyl (C=O) groups is 1. The van der Waals surface area contributed by atoms with Crippen LogP contribution < -0.4 is 0 Å². The zero-order valence-electron chi connectivity index (χ0n) is 27.5. The van der Waals surface area contributed by atoms with Gasteiger partial charge in [0, 0.05) is 56.3 Å². The molecule has 0 saturated carbocycles. The lowest BCUT2D eigenvalue weighted by Gasteiger charge is -2.34. The maximum absolute atomic E-state index is 12.8. The smallest absolute Gasteiger partial charge is 0.249 e. The summed E-state index contributed by atoms with van der Waals surface area (Å²) in [6.45, 7) is 12.6.